The number of aromatic nitrogens is 2. The lowest BCUT2D eigenvalue weighted by atomic mass is 10.2. The van der Waals surface area contributed by atoms with E-state index in [1.54, 1.807) is 0 Å². The van der Waals surface area contributed by atoms with Crippen LogP contribution in [0.5, 0.6) is 0 Å². The van der Waals surface area contributed by atoms with Crippen LogP contribution in [0, 0.1) is 12.7 Å². The highest BCUT2D eigenvalue weighted by atomic mass is 19.4. The Balaban J connectivity index is 1.90. The molecule has 5 nitrogen and oxygen atoms in total. The quantitative estimate of drug-likeness (QED) is 0.484. The molecule has 0 spiro atoms. The number of benzene rings is 2. The minimum absolute atomic E-state index is 0.0323. The second kappa shape index (κ2) is 7.86. The fourth-order valence-corrected chi connectivity index (χ4v) is 2.56. The highest BCUT2D eigenvalue weighted by molar-refractivity contribution is 5.86. The first-order chi connectivity index (χ1) is 13.6. The zero-order chi connectivity index (χ0) is 21.2. The van der Waals surface area contributed by atoms with Crippen LogP contribution >= 0.6 is 0 Å². The van der Waals surface area contributed by atoms with Gasteiger partial charge in [-0.3, -0.25) is 4.79 Å². The van der Waals surface area contributed by atoms with Crippen LogP contribution in [0.3, 0.4) is 0 Å². The van der Waals surface area contributed by atoms with Crippen LogP contribution in [0.25, 0.3) is 5.69 Å². The van der Waals surface area contributed by atoms with Crippen molar-refractivity contribution < 1.29 is 27.1 Å². The van der Waals surface area contributed by atoms with E-state index in [4.69, 9.17) is 4.74 Å². The van der Waals surface area contributed by atoms with Crippen molar-refractivity contribution in [2.24, 2.45) is 0 Å². The van der Waals surface area contributed by atoms with Gasteiger partial charge in [-0.15, -0.1) is 0 Å². The average Bonchev–Trinajstić information content (AvgIpc) is 2.67. The first-order valence-electron chi connectivity index (χ1n) is 8.35. The van der Waals surface area contributed by atoms with Gasteiger partial charge < -0.3 is 4.74 Å². The molecule has 3 rings (SSSR count). The topological polar surface area (TPSA) is 61.2 Å². The van der Waals surface area contributed by atoms with Crippen molar-refractivity contribution in [1.29, 1.82) is 0 Å². The monoisotopic (exact) mass is 406 g/mol. The summed E-state index contributed by atoms with van der Waals surface area (Å²) < 4.78 is 57.9. The third-order valence-corrected chi connectivity index (χ3v) is 4.00. The molecule has 0 aliphatic rings. The van der Waals surface area contributed by atoms with Gasteiger partial charge in [0.1, 0.15) is 12.4 Å². The third-order valence-electron chi connectivity index (χ3n) is 4.00. The number of nitrogens with zero attached hydrogens (tertiary/aromatic N) is 2. The molecule has 0 saturated heterocycles. The number of esters is 1. The summed E-state index contributed by atoms with van der Waals surface area (Å²) in [6, 6.07) is 10.6. The van der Waals surface area contributed by atoms with Crippen molar-refractivity contribution in [2.45, 2.75) is 19.7 Å². The van der Waals surface area contributed by atoms with Crippen LogP contribution in [0.1, 0.15) is 27.3 Å². The van der Waals surface area contributed by atoms with Crippen LogP contribution in [0.4, 0.5) is 17.6 Å². The van der Waals surface area contributed by atoms with Crippen molar-refractivity contribution in [3.05, 3.63) is 93.2 Å². The summed E-state index contributed by atoms with van der Waals surface area (Å²) >= 11 is 0. The van der Waals surface area contributed by atoms with Crippen LogP contribution < -0.4 is 5.43 Å². The number of aryl methyl sites for hydroxylation is 1. The van der Waals surface area contributed by atoms with Crippen molar-refractivity contribution in [3.8, 4) is 5.69 Å². The normalized spacial score (nSPS) is 11.3. The smallest absolute Gasteiger partial charge is 0.416 e. The first kappa shape index (κ1) is 20.2. The largest absolute Gasteiger partial charge is 0.456 e. The fourth-order valence-electron chi connectivity index (χ4n) is 2.56. The van der Waals surface area contributed by atoms with E-state index in [1.165, 1.54) is 43.3 Å². The number of hydrogen-bond donors (Lipinski definition) is 0. The molecule has 9 heteroatoms. The lowest BCUT2D eigenvalue weighted by Crippen LogP contribution is -2.24. The molecule has 0 amide bonds. The molecule has 2 aromatic carbocycles. The number of carbonyl (C=O) groups excluding carboxylic acids is 1. The van der Waals surface area contributed by atoms with Crippen LogP contribution in [0.2, 0.25) is 0 Å². The van der Waals surface area contributed by atoms with Crippen LogP contribution in [-0.2, 0) is 17.5 Å². The number of rotatable bonds is 4. The maximum absolute atomic E-state index is 13.0. The predicted molar refractivity (Wildman–Crippen MR) is 95.1 cm³/mol. The highest BCUT2D eigenvalue weighted by Crippen LogP contribution is 2.30. The van der Waals surface area contributed by atoms with Gasteiger partial charge in [0, 0.05) is 11.8 Å². The highest BCUT2D eigenvalue weighted by Gasteiger charge is 2.30. The van der Waals surface area contributed by atoms with Gasteiger partial charge in [-0.05, 0) is 42.8 Å². The van der Waals surface area contributed by atoms with Gasteiger partial charge in [0.25, 0.3) is 0 Å². The molecular formula is C20H14F4N2O3. The second-order valence-electron chi connectivity index (χ2n) is 6.16. The van der Waals surface area contributed by atoms with E-state index in [-0.39, 0.29) is 18.0 Å². The van der Waals surface area contributed by atoms with E-state index in [0.29, 0.717) is 5.56 Å². The molecule has 0 fully saturated rings. The summed E-state index contributed by atoms with van der Waals surface area (Å²) in [5.41, 5.74) is -1.43. The van der Waals surface area contributed by atoms with Crippen molar-refractivity contribution >= 4 is 5.97 Å². The molecule has 0 aliphatic carbocycles. The Morgan fingerprint density at radius 3 is 2.45 bits per heavy atom. The van der Waals surface area contributed by atoms with Crippen LogP contribution in [-0.4, -0.2) is 15.7 Å². The van der Waals surface area contributed by atoms with Gasteiger partial charge in [0.05, 0.1) is 11.3 Å². The molecule has 0 unspecified atom stereocenters. The van der Waals surface area contributed by atoms with E-state index in [1.807, 2.05) is 0 Å². The molecule has 1 heterocycles. The molecule has 0 N–H and O–H groups in total. The summed E-state index contributed by atoms with van der Waals surface area (Å²) in [7, 11) is 0. The standard InChI is InChI=1S/C20H14F4N2O3/c1-12-9-17(27)18(19(28)29-11-13-5-7-15(21)8-6-13)25-26(12)16-4-2-3-14(10-16)20(22,23)24/h2-10H,11H2,1H3. The molecule has 0 saturated carbocycles. The Labute approximate surface area is 162 Å². The van der Waals surface area contributed by atoms with Gasteiger partial charge in [-0.25, -0.2) is 13.9 Å². The molecular weight excluding hydrogens is 392 g/mol. The maximum atomic E-state index is 13.0. The Morgan fingerprint density at radius 1 is 1.10 bits per heavy atom. The molecule has 0 bridgehead atoms. The summed E-state index contributed by atoms with van der Waals surface area (Å²) in [6.07, 6.45) is -4.56. The number of alkyl halides is 3. The predicted octanol–water partition coefficient (Wildman–Crippen LogP) is 4.06. The summed E-state index contributed by atoms with van der Waals surface area (Å²) in [5.74, 6) is -1.50. The molecule has 1 aromatic heterocycles. The van der Waals surface area contributed by atoms with Crippen LogP contribution in [0.15, 0.2) is 59.4 Å². The first-order valence-corrected chi connectivity index (χ1v) is 8.35. The molecule has 150 valence electrons. The van der Waals surface area contributed by atoms with E-state index >= 15 is 0 Å². The lowest BCUT2D eigenvalue weighted by molar-refractivity contribution is -0.137. The molecule has 0 atom stereocenters. The van der Waals surface area contributed by atoms with E-state index in [9.17, 15) is 27.2 Å². The minimum atomic E-state index is -4.56. The second-order valence-corrected chi connectivity index (χ2v) is 6.16. The molecule has 3 aromatic rings. The summed E-state index contributed by atoms with van der Waals surface area (Å²) in [5, 5.41) is 3.89. The lowest BCUT2D eigenvalue weighted by Gasteiger charge is -2.13. The molecule has 0 aliphatic heterocycles. The van der Waals surface area contributed by atoms with E-state index in [0.717, 1.165) is 22.9 Å². The Kier molecular flexibility index (Phi) is 5.49. The molecule has 0 radical (unpaired) electrons. The van der Waals surface area contributed by atoms with E-state index < -0.39 is 34.6 Å². The van der Waals surface area contributed by atoms with Gasteiger partial charge in [-0.2, -0.15) is 18.3 Å². The Morgan fingerprint density at radius 2 is 1.79 bits per heavy atom. The van der Waals surface area contributed by atoms with Gasteiger partial charge >= 0.3 is 12.1 Å². The third kappa shape index (κ3) is 4.68. The maximum Gasteiger partial charge on any atom is 0.416 e. The number of carbonyl (C=O) groups is 1. The number of halogens is 4. The number of hydrogen-bond acceptors (Lipinski definition) is 4. The molecule has 29 heavy (non-hydrogen) atoms. The zero-order valence-corrected chi connectivity index (χ0v) is 15.0. The fraction of sp³-hybridized carbons (Fsp3) is 0.150. The Bertz CT molecular complexity index is 1110. The van der Waals surface area contributed by atoms with Crippen molar-refractivity contribution in [2.75, 3.05) is 0 Å². The van der Waals surface area contributed by atoms with Gasteiger partial charge in [-0.1, -0.05) is 18.2 Å². The van der Waals surface area contributed by atoms with E-state index in [2.05, 4.69) is 5.10 Å². The Hall–Kier alpha value is -3.49. The summed E-state index contributed by atoms with van der Waals surface area (Å²) in [6.45, 7) is 1.25. The minimum Gasteiger partial charge on any atom is -0.456 e. The zero-order valence-electron chi connectivity index (χ0n) is 15.0. The average molecular weight is 406 g/mol. The van der Waals surface area contributed by atoms with Gasteiger partial charge in [0.15, 0.2) is 0 Å². The van der Waals surface area contributed by atoms with Crippen molar-refractivity contribution in [1.82, 2.24) is 9.78 Å². The SMILES string of the molecule is Cc1cc(=O)c(C(=O)OCc2ccc(F)cc2)nn1-c1cccc(C(F)(F)F)c1. The van der Waals surface area contributed by atoms with Crippen molar-refractivity contribution in [3.63, 3.8) is 0 Å². The van der Waals surface area contributed by atoms with Gasteiger partial charge in [0.2, 0.25) is 11.1 Å². The summed E-state index contributed by atoms with van der Waals surface area (Å²) in [4.78, 5) is 24.4. The number of ether oxygens (including phenoxy) is 1.